The second-order valence-corrected chi connectivity index (χ2v) is 7.28. The fraction of sp³-hybridized carbons (Fsp3) is 1.00. The molecule has 0 heterocycles. The molecule has 0 bridgehead atoms. The molecule has 0 saturated carbocycles. The molecular weight excluding hydrogens is 325 g/mol. The zero-order valence-corrected chi connectivity index (χ0v) is 9.48. The van der Waals surface area contributed by atoms with Crippen molar-refractivity contribution in [2.75, 3.05) is 0 Å². The van der Waals surface area contributed by atoms with Crippen molar-refractivity contribution in [3.63, 3.8) is 0 Å². The lowest BCUT2D eigenvalue weighted by Gasteiger charge is -1.94. The van der Waals surface area contributed by atoms with Gasteiger partial charge in [-0.25, -0.2) is 0 Å². The van der Waals surface area contributed by atoms with Crippen LogP contribution < -0.4 is 0 Å². The lowest BCUT2D eigenvalue weighted by molar-refractivity contribution is 0.770. The highest BCUT2D eigenvalue weighted by molar-refractivity contribution is 14.3. The molecule has 0 saturated heterocycles. The molecule has 48 valence electrons. The summed E-state index contributed by atoms with van der Waals surface area (Å²) in [7, 11) is 0. The minimum absolute atomic E-state index is 0.844. The van der Waals surface area contributed by atoms with E-state index in [1.807, 2.05) is 0 Å². The predicted molar refractivity (Wildman–Crippen MR) is 58.1 cm³/mol. The molecule has 0 aliphatic heterocycles. The Hall–Kier alpha value is 1.52. The second-order valence-electron chi connectivity index (χ2n) is 1.89. The first-order valence-electron chi connectivity index (χ1n) is 3.05. The van der Waals surface area contributed by atoms with Gasteiger partial charge < -0.3 is 0 Å². The Balaban J connectivity index is 2.72. The van der Waals surface area contributed by atoms with Crippen molar-refractivity contribution in [1.82, 2.24) is 0 Å². The zero-order valence-electron chi connectivity index (χ0n) is 5.16. The monoisotopic (exact) mass is 336 g/mol. The molecule has 8 heavy (non-hydrogen) atoms. The minimum atomic E-state index is 0.844. The highest BCUT2D eigenvalue weighted by atomic mass is 127. The molecule has 0 radical (unpaired) electrons. The molecule has 0 nitrogen and oxygen atoms in total. The molecule has 0 aromatic rings. The summed E-state index contributed by atoms with van der Waals surface area (Å²) in [6, 6.07) is 0. The number of hydrogen-bond donors (Lipinski definition) is 0. The van der Waals surface area contributed by atoms with Gasteiger partial charge >= 0.3 is 0 Å². The number of rotatable bonds is 4. The molecule has 0 aromatic heterocycles. The Morgan fingerprint density at radius 1 is 1.25 bits per heavy atom. The van der Waals surface area contributed by atoms with Crippen molar-refractivity contribution < 1.29 is 0 Å². The molecule has 0 amide bonds. The van der Waals surface area contributed by atoms with Crippen molar-refractivity contribution in [1.29, 1.82) is 0 Å². The van der Waals surface area contributed by atoms with Gasteiger partial charge in [-0.15, -0.1) is 44.7 Å². The molecule has 3 heteroatoms. The Morgan fingerprint density at radius 2 is 1.88 bits per heavy atom. The van der Waals surface area contributed by atoms with Crippen molar-refractivity contribution in [3.8, 4) is 0 Å². The molecule has 0 N–H and O–H groups in total. The Morgan fingerprint density at radius 3 is 2.25 bits per heavy atom. The van der Waals surface area contributed by atoms with E-state index in [1.54, 1.807) is 0 Å². The van der Waals surface area contributed by atoms with E-state index in [0.29, 0.717) is 0 Å². The van der Waals surface area contributed by atoms with Crippen molar-refractivity contribution in [3.05, 3.63) is 0 Å². The van der Waals surface area contributed by atoms with Crippen molar-refractivity contribution in [2.45, 2.75) is 32.5 Å². The SMILES string of the molecule is CCCCCB(I)I. The van der Waals surface area contributed by atoms with Gasteiger partial charge in [0.1, 0.15) is 0 Å². The summed E-state index contributed by atoms with van der Waals surface area (Å²) in [6.07, 6.45) is 5.55. The molecule has 0 unspecified atom stereocenters. The first-order chi connectivity index (χ1) is 3.77. The molecule has 0 aliphatic rings. The van der Waals surface area contributed by atoms with E-state index in [2.05, 4.69) is 51.7 Å². The maximum absolute atomic E-state index is 2.47. The van der Waals surface area contributed by atoms with Crippen LogP contribution in [0, 0.1) is 0 Å². The highest BCUT2D eigenvalue weighted by Gasteiger charge is 2.00. The van der Waals surface area contributed by atoms with Crippen LogP contribution in [0.1, 0.15) is 26.2 Å². The second kappa shape index (κ2) is 6.64. The molecule has 0 spiro atoms. The number of unbranched alkanes of at least 4 members (excludes halogenated alkanes) is 2. The molecule has 0 atom stereocenters. The van der Waals surface area contributed by atoms with Gasteiger partial charge in [0.2, 0.25) is 0 Å². The van der Waals surface area contributed by atoms with E-state index >= 15 is 0 Å². The van der Waals surface area contributed by atoms with Gasteiger partial charge in [0.15, 0.2) is 0 Å². The van der Waals surface area contributed by atoms with E-state index in [1.165, 1.54) is 25.6 Å². The van der Waals surface area contributed by atoms with Crippen LogP contribution in [0.15, 0.2) is 0 Å². The van der Waals surface area contributed by atoms with Gasteiger partial charge in [-0.2, -0.15) is 0 Å². The van der Waals surface area contributed by atoms with Crippen LogP contribution in [-0.4, -0.2) is 2.43 Å². The summed E-state index contributed by atoms with van der Waals surface area (Å²) in [4.78, 5) is 0. The van der Waals surface area contributed by atoms with E-state index in [-0.39, 0.29) is 0 Å². The lowest BCUT2D eigenvalue weighted by Crippen LogP contribution is -1.87. The Labute approximate surface area is 79.0 Å². The average molecular weight is 336 g/mol. The summed E-state index contributed by atoms with van der Waals surface area (Å²) < 4.78 is 0.844. The van der Waals surface area contributed by atoms with Crippen LogP contribution in [0.4, 0.5) is 0 Å². The summed E-state index contributed by atoms with van der Waals surface area (Å²) in [5.41, 5.74) is 0. The quantitative estimate of drug-likeness (QED) is 0.419. The van der Waals surface area contributed by atoms with Crippen LogP contribution in [0.3, 0.4) is 0 Å². The van der Waals surface area contributed by atoms with Crippen LogP contribution in [0.5, 0.6) is 0 Å². The predicted octanol–water partition coefficient (Wildman–Crippen LogP) is 3.53. The largest absolute Gasteiger partial charge is 0.289 e. The number of halogens is 2. The van der Waals surface area contributed by atoms with Gasteiger partial charge in [0.25, 0.3) is 2.43 Å². The summed E-state index contributed by atoms with van der Waals surface area (Å²) in [6.45, 7) is 2.25. The Bertz CT molecular complexity index is 47.7. The van der Waals surface area contributed by atoms with Crippen LogP contribution in [-0.2, 0) is 0 Å². The smallest absolute Gasteiger partial charge is 0.134 e. The molecular formula is C5H11BI2. The van der Waals surface area contributed by atoms with Crippen LogP contribution >= 0.6 is 44.7 Å². The fourth-order valence-electron chi connectivity index (χ4n) is 0.549. The molecule has 0 fully saturated rings. The maximum atomic E-state index is 2.47. The van der Waals surface area contributed by atoms with E-state index in [0.717, 1.165) is 2.43 Å². The van der Waals surface area contributed by atoms with Gasteiger partial charge in [0.05, 0.1) is 0 Å². The first-order valence-corrected chi connectivity index (χ1v) is 5.54. The number of hydrogen-bond acceptors (Lipinski definition) is 0. The van der Waals surface area contributed by atoms with Gasteiger partial charge in [-0.1, -0.05) is 32.5 Å². The van der Waals surface area contributed by atoms with E-state index < -0.39 is 0 Å². The molecule has 0 aliphatic carbocycles. The third-order valence-corrected chi connectivity index (χ3v) is 2.27. The molecule has 0 rings (SSSR count). The van der Waals surface area contributed by atoms with E-state index in [4.69, 9.17) is 0 Å². The summed E-state index contributed by atoms with van der Waals surface area (Å²) in [5, 5.41) is 0. The zero-order chi connectivity index (χ0) is 6.41. The standard InChI is InChI=1S/C5H11BI2/c1-2-3-4-5-6(7)8/h2-5H2,1H3. The van der Waals surface area contributed by atoms with Crippen molar-refractivity contribution in [2.24, 2.45) is 0 Å². The van der Waals surface area contributed by atoms with Crippen molar-refractivity contribution >= 4 is 47.2 Å². The van der Waals surface area contributed by atoms with Gasteiger partial charge in [-0.3, -0.25) is 0 Å². The first kappa shape index (κ1) is 9.52. The third-order valence-electron chi connectivity index (χ3n) is 1.03. The topological polar surface area (TPSA) is 0 Å². The summed E-state index contributed by atoms with van der Waals surface area (Å²) >= 11 is 4.94. The molecule has 0 aromatic carbocycles. The van der Waals surface area contributed by atoms with Crippen LogP contribution in [0.25, 0.3) is 0 Å². The van der Waals surface area contributed by atoms with Gasteiger partial charge in [-0.05, 0) is 0 Å². The Kier molecular flexibility index (Phi) is 7.91. The lowest BCUT2D eigenvalue weighted by atomic mass is 9.99. The maximum Gasteiger partial charge on any atom is 0.289 e. The van der Waals surface area contributed by atoms with E-state index in [9.17, 15) is 0 Å². The fourth-order valence-corrected chi connectivity index (χ4v) is 1.43. The summed E-state index contributed by atoms with van der Waals surface area (Å²) in [5.74, 6) is 0. The van der Waals surface area contributed by atoms with Gasteiger partial charge in [0, 0.05) is 0 Å². The normalized spacial score (nSPS) is 9.38. The average Bonchev–Trinajstić information content (AvgIpc) is 1.66. The minimum Gasteiger partial charge on any atom is -0.134 e. The third kappa shape index (κ3) is 7.52. The highest BCUT2D eigenvalue weighted by Crippen LogP contribution is 2.14. The van der Waals surface area contributed by atoms with Crippen LogP contribution in [0.2, 0.25) is 6.32 Å².